The molecule has 4 aromatic rings. The first-order valence-corrected chi connectivity index (χ1v) is 13.2. The zero-order valence-corrected chi connectivity index (χ0v) is 25.9. The molecule has 0 aliphatic heterocycles. The largest absolute Gasteiger partial charge is 0.512 e. The number of nitrogens with zero attached hydrogens (tertiary/aromatic N) is 2. The summed E-state index contributed by atoms with van der Waals surface area (Å²) in [5.74, 6) is 0.701. The summed E-state index contributed by atoms with van der Waals surface area (Å²) in [5, 5.41) is 11.2. The Morgan fingerprint density at radius 1 is 1.08 bits per heavy atom. The van der Waals surface area contributed by atoms with Crippen molar-refractivity contribution in [3.05, 3.63) is 71.8 Å². The third-order valence-corrected chi connectivity index (χ3v) is 6.94. The third-order valence-electron chi connectivity index (χ3n) is 6.94. The van der Waals surface area contributed by atoms with Gasteiger partial charge in [0.1, 0.15) is 5.76 Å². The number of aliphatic hydroxyl groups is 1. The molecule has 0 spiro atoms. The van der Waals surface area contributed by atoms with Gasteiger partial charge in [0.05, 0.1) is 5.58 Å². The van der Waals surface area contributed by atoms with E-state index in [0.717, 1.165) is 22.0 Å². The van der Waals surface area contributed by atoms with Gasteiger partial charge in [0, 0.05) is 58.4 Å². The summed E-state index contributed by atoms with van der Waals surface area (Å²) >= 11 is 0. The second kappa shape index (κ2) is 12.1. The number of rotatable bonds is 3. The number of fused-ring (bicyclic) bond motifs is 3. The molecule has 39 heavy (non-hydrogen) atoms. The van der Waals surface area contributed by atoms with Crippen LogP contribution in [0.2, 0.25) is 0 Å². The number of carbonyl (C=O) groups is 1. The molecule has 1 aromatic carbocycles. The quantitative estimate of drug-likeness (QED) is 0.131. The molecule has 0 atom stereocenters. The summed E-state index contributed by atoms with van der Waals surface area (Å²) in [5.41, 5.74) is 3.16. The Labute approximate surface area is 249 Å². The van der Waals surface area contributed by atoms with Crippen LogP contribution in [-0.4, -0.2) is 20.9 Å². The molecule has 1 fully saturated rings. The van der Waals surface area contributed by atoms with E-state index in [1.165, 1.54) is 37.3 Å². The monoisotopic (exact) mass is 707 g/mol. The molecule has 209 valence electrons. The van der Waals surface area contributed by atoms with Gasteiger partial charge in [-0.25, -0.2) is 4.98 Å². The van der Waals surface area contributed by atoms with Crippen LogP contribution in [0.5, 0.6) is 0 Å². The van der Waals surface area contributed by atoms with Crippen molar-refractivity contribution in [3.8, 4) is 11.3 Å². The van der Waals surface area contributed by atoms with Crippen LogP contribution in [0.4, 0.5) is 0 Å². The van der Waals surface area contributed by atoms with Crippen LogP contribution in [-0.2, 0) is 24.9 Å². The third kappa shape index (κ3) is 7.23. The number of hydrogen-bond donors (Lipinski definition) is 1. The summed E-state index contributed by atoms with van der Waals surface area (Å²) in [6, 6.07) is 14.6. The van der Waals surface area contributed by atoms with Crippen molar-refractivity contribution >= 4 is 27.9 Å². The van der Waals surface area contributed by atoms with E-state index in [2.05, 4.69) is 28.2 Å². The minimum absolute atomic E-state index is 0. The van der Waals surface area contributed by atoms with E-state index in [9.17, 15) is 9.90 Å². The molecule has 6 heteroatoms. The van der Waals surface area contributed by atoms with Gasteiger partial charge in [0.2, 0.25) is 5.71 Å². The van der Waals surface area contributed by atoms with Crippen molar-refractivity contribution in [1.82, 2.24) is 9.97 Å². The number of benzene rings is 1. The normalized spacial score (nSPS) is 16.2. The Balaban J connectivity index is 0.000000297. The van der Waals surface area contributed by atoms with E-state index in [1.807, 2.05) is 59.9 Å². The summed E-state index contributed by atoms with van der Waals surface area (Å²) < 4.78 is 28.7. The van der Waals surface area contributed by atoms with Gasteiger partial charge in [0.25, 0.3) is 0 Å². The van der Waals surface area contributed by atoms with Crippen molar-refractivity contribution in [1.29, 1.82) is 0 Å². The van der Waals surface area contributed by atoms with Crippen LogP contribution in [0.3, 0.4) is 0 Å². The van der Waals surface area contributed by atoms with Gasteiger partial charge in [-0.1, -0.05) is 77.0 Å². The van der Waals surface area contributed by atoms with Gasteiger partial charge < -0.3 is 14.5 Å². The standard InChI is InChI=1S/C22H19N2O.C11H20O2.Ir/c1-14-9-10-18-17-7-4-8-19(21(17)25-22(18)24-14)20-13-16(11-12-23-20)15-5-2-3-6-15;1-10(2,3)8(12)7-9(13)11(4,5)6;/h4,7,9-13,15H,2-3,5-6H2,1H3;7,12H,1-6H3;/q-1;;/b;8-7-;/i1D3;;. The zero-order valence-electron chi connectivity index (χ0n) is 26.5. The molecule has 1 aliphatic carbocycles. The molecule has 1 saturated carbocycles. The number of pyridine rings is 2. The van der Waals surface area contributed by atoms with E-state index in [0.29, 0.717) is 17.2 Å². The topological polar surface area (TPSA) is 76.2 Å². The van der Waals surface area contributed by atoms with Gasteiger partial charge in [-0.05, 0) is 49.5 Å². The second-order valence-electron chi connectivity index (χ2n) is 12.1. The maximum atomic E-state index is 11.5. The molecule has 5 nitrogen and oxygen atoms in total. The molecular weight excluding hydrogens is 665 g/mol. The van der Waals surface area contributed by atoms with E-state index >= 15 is 0 Å². The average molecular weight is 707 g/mol. The zero-order chi connectivity index (χ0) is 30.2. The maximum absolute atomic E-state index is 11.5. The molecular formula is C33H39IrN2O3-. The van der Waals surface area contributed by atoms with Gasteiger partial charge in [-0.2, -0.15) is 0 Å². The van der Waals surface area contributed by atoms with Crippen LogP contribution in [0.15, 0.2) is 58.8 Å². The number of ketones is 1. The molecule has 1 aliphatic rings. The number of hydrogen-bond acceptors (Lipinski definition) is 5. The van der Waals surface area contributed by atoms with Crippen LogP contribution < -0.4 is 0 Å². The molecule has 1 radical (unpaired) electrons. The van der Waals surface area contributed by atoms with Crippen molar-refractivity contribution < 1.29 is 38.5 Å². The van der Waals surface area contributed by atoms with E-state index in [-0.39, 0.29) is 42.8 Å². The number of aliphatic hydroxyl groups excluding tert-OH is 1. The number of allylic oxidation sites excluding steroid dienone is 2. The minimum Gasteiger partial charge on any atom is -0.512 e. The molecule has 1 N–H and O–H groups in total. The summed E-state index contributed by atoms with van der Waals surface area (Å²) in [6.45, 7) is 8.85. The molecule has 5 rings (SSSR count). The number of carbonyl (C=O) groups excluding carboxylic acids is 1. The van der Waals surface area contributed by atoms with Crippen molar-refractivity contribution in [2.75, 3.05) is 0 Å². The first kappa shape index (κ1) is 26.4. The Morgan fingerprint density at radius 2 is 1.79 bits per heavy atom. The average Bonchev–Trinajstić information content (AvgIpc) is 3.55. The summed E-state index contributed by atoms with van der Waals surface area (Å²) in [6.07, 6.45) is 8.20. The SMILES string of the molecule is CC(C)(C)C(=O)/C=C(\O)C(C)(C)C.[2H]C([2H])([2H])c1ccc2c(n1)oc1c(-c3cc(C4CCCC4)ccn3)[c-]ccc12.[Ir]. The summed E-state index contributed by atoms with van der Waals surface area (Å²) in [7, 11) is 0. The molecule has 0 amide bonds. The van der Waals surface area contributed by atoms with Crippen LogP contribution >= 0.6 is 0 Å². The Bertz CT molecular complexity index is 1590. The Morgan fingerprint density at radius 3 is 2.44 bits per heavy atom. The van der Waals surface area contributed by atoms with E-state index < -0.39 is 12.3 Å². The number of aromatic nitrogens is 2. The number of aryl methyl sites for hydroxylation is 1. The minimum atomic E-state index is -2.26. The molecule has 0 bridgehead atoms. The van der Waals surface area contributed by atoms with Gasteiger partial charge in [0.15, 0.2) is 5.78 Å². The fraction of sp³-hybridized carbons (Fsp3) is 0.424. The fourth-order valence-electron chi connectivity index (χ4n) is 4.47. The fourth-order valence-corrected chi connectivity index (χ4v) is 4.47. The van der Waals surface area contributed by atoms with E-state index in [1.54, 1.807) is 12.1 Å². The van der Waals surface area contributed by atoms with Crippen LogP contribution in [0, 0.1) is 23.7 Å². The van der Waals surface area contributed by atoms with Crippen molar-refractivity contribution in [2.45, 2.75) is 80.0 Å². The van der Waals surface area contributed by atoms with E-state index in [4.69, 9.17) is 8.53 Å². The van der Waals surface area contributed by atoms with Crippen molar-refractivity contribution in [3.63, 3.8) is 0 Å². The second-order valence-corrected chi connectivity index (χ2v) is 12.1. The predicted molar refractivity (Wildman–Crippen MR) is 154 cm³/mol. The van der Waals surface area contributed by atoms with Crippen molar-refractivity contribution in [2.24, 2.45) is 10.8 Å². The Kier molecular flexibility index (Phi) is 8.22. The van der Waals surface area contributed by atoms with Crippen LogP contribution in [0.1, 0.15) is 88.5 Å². The maximum Gasteiger partial charge on any atom is 0.216 e. The number of furan rings is 1. The smallest absolute Gasteiger partial charge is 0.216 e. The summed E-state index contributed by atoms with van der Waals surface area (Å²) in [4.78, 5) is 20.3. The predicted octanol–water partition coefficient (Wildman–Crippen LogP) is 8.90. The van der Waals surface area contributed by atoms with Gasteiger partial charge in [-0.15, -0.1) is 18.2 Å². The molecule has 3 heterocycles. The Hall–Kier alpha value is -2.82. The van der Waals surface area contributed by atoms with Gasteiger partial charge >= 0.3 is 0 Å². The first-order chi connectivity index (χ1) is 19.1. The van der Waals surface area contributed by atoms with Crippen LogP contribution in [0.25, 0.3) is 33.3 Å². The molecule has 0 saturated heterocycles. The molecule has 3 aromatic heterocycles. The first-order valence-electron chi connectivity index (χ1n) is 14.7. The van der Waals surface area contributed by atoms with Gasteiger partial charge in [-0.3, -0.25) is 4.79 Å². The molecule has 0 unspecified atom stereocenters.